The van der Waals surface area contributed by atoms with Crippen LogP contribution in [-0.4, -0.2) is 18.5 Å². The molecular weight excluding hydrogens is 400 g/mol. The van der Waals surface area contributed by atoms with Gasteiger partial charge in [0.2, 0.25) is 0 Å². The number of benzene rings is 2. The van der Waals surface area contributed by atoms with E-state index < -0.39 is 11.9 Å². The van der Waals surface area contributed by atoms with Crippen molar-refractivity contribution in [2.24, 2.45) is 5.92 Å². The fraction of sp³-hybridized carbons (Fsp3) is 0.417. The first-order chi connectivity index (χ1) is 14.6. The highest BCUT2D eigenvalue weighted by Gasteiger charge is 2.14. The van der Waals surface area contributed by atoms with Crippen LogP contribution in [-0.2, 0) is 0 Å². The van der Waals surface area contributed by atoms with Crippen molar-refractivity contribution in [1.82, 2.24) is 5.32 Å². The fourth-order valence-electron chi connectivity index (χ4n) is 3.81. The monoisotopic (exact) mass is 428 g/mol. The van der Waals surface area contributed by atoms with Gasteiger partial charge in [-0.2, -0.15) is 0 Å². The van der Waals surface area contributed by atoms with E-state index in [4.69, 9.17) is 16.3 Å². The molecule has 1 aliphatic carbocycles. The highest BCUT2D eigenvalue weighted by molar-refractivity contribution is 6.34. The Morgan fingerprint density at radius 2 is 1.70 bits per heavy atom. The largest absolute Gasteiger partial charge is 0.494 e. The number of ether oxygens (including phenoxy) is 1. The van der Waals surface area contributed by atoms with Crippen molar-refractivity contribution in [3.05, 3.63) is 59.1 Å². The van der Waals surface area contributed by atoms with Crippen molar-refractivity contribution in [2.45, 2.75) is 51.4 Å². The molecule has 0 aromatic heterocycles. The Bertz CT molecular complexity index is 833. The second kappa shape index (κ2) is 11.6. The van der Waals surface area contributed by atoms with Crippen LogP contribution in [0.15, 0.2) is 48.5 Å². The van der Waals surface area contributed by atoms with E-state index >= 15 is 0 Å². The quantitative estimate of drug-likeness (QED) is 0.476. The van der Waals surface area contributed by atoms with Gasteiger partial charge in [0, 0.05) is 5.69 Å². The molecule has 0 spiro atoms. The lowest BCUT2D eigenvalue weighted by atomic mass is 9.86. The first-order valence-electron chi connectivity index (χ1n) is 10.7. The third-order valence-corrected chi connectivity index (χ3v) is 5.79. The average molecular weight is 429 g/mol. The predicted molar refractivity (Wildman–Crippen MR) is 120 cm³/mol. The summed E-state index contributed by atoms with van der Waals surface area (Å²) in [4.78, 5) is 24.2. The second-order valence-electron chi connectivity index (χ2n) is 7.76. The first kappa shape index (κ1) is 22.2. The highest BCUT2D eigenvalue weighted by atomic mass is 35.5. The van der Waals surface area contributed by atoms with E-state index in [9.17, 15) is 9.59 Å². The second-order valence-corrected chi connectivity index (χ2v) is 8.17. The van der Waals surface area contributed by atoms with E-state index in [1.807, 2.05) is 12.1 Å². The highest BCUT2D eigenvalue weighted by Crippen LogP contribution is 2.27. The number of carbonyl (C=O) groups is 2. The molecule has 1 aliphatic rings. The third-order valence-electron chi connectivity index (χ3n) is 5.46. The van der Waals surface area contributed by atoms with Gasteiger partial charge in [0.15, 0.2) is 0 Å². The van der Waals surface area contributed by atoms with E-state index in [-0.39, 0.29) is 5.56 Å². The Morgan fingerprint density at radius 3 is 2.43 bits per heavy atom. The summed E-state index contributed by atoms with van der Waals surface area (Å²) in [5.74, 6) is 1.14. The van der Waals surface area contributed by atoms with Gasteiger partial charge >= 0.3 is 6.03 Å². The summed E-state index contributed by atoms with van der Waals surface area (Å²) >= 11 is 5.97. The molecule has 1 fully saturated rings. The number of imide groups is 1. The molecule has 0 bridgehead atoms. The van der Waals surface area contributed by atoms with Crippen LogP contribution < -0.4 is 15.4 Å². The normalized spacial score (nSPS) is 14.2. The van der Waals surface area contributed by atoms with Crippen LogP contribution in [0.4, 0.5) is 10.5 Å². The summed E-state index contributed by atoms with van der Waals surface area (Å²) < 4.78 is 5.79. The molecule has 0 radical (unpaired) electrons. The minimum atomic E-state index is -0.615. The van der Waals surface area contributed by atoms with Crippen molar-refractivity contribution in [3.63, 3.8) is 0 Å². The molecule has 3 rings (SSSR count). The molecule has 0 aliphatic heterocycles. The van der Waals surface area contributed by atoms with Crippen LogP contribution in [0, 0.1) is 5.92 Å². The zero-order chi connectivity index (χ0) is 21.2. The van der Waals surface area contributed by atoms with Crippen LogP contribution in [0.2, 0.25) is 5.02 Å². The molecular formula is C24H29ClN2O3. The van der Waals surface area contributed by atoms with Crippen LogP contribution in [0.25, 0.3) is 0 Å². The van der Waals surface area contributed by atoms with E-state index in [2.05, 4.69) is 10.6 Å². The number of anilines is 1. The number of halogens is 1. The van der Waals surface area contributed by atoms with Crippen molar-refractivity contribution in [3.8, 4) is 5.75 Å². The fourth-order valence-corrected chi connectivity index (χ4v) is 4.04. The van der Waals surface area contributed by atoms with E-state index in [0.29, 0.717) is 17.3 Å². The molecule has 0 saturated heterocycles. The van der Waals surface area contributed by atoms with Crippen LogP contribution in [0.5, 0.6) is 5.75 Å². The summed E-state index contributed by atoms with van der Waals surface area (Å²) in [5, 5.41) is 5.20. The number of rotatable bonds is 8. The summed E-state index contributed by atoms with van der Waals surface area (Å²) in [7, 11) is 0. The molecule has 6 heteroatoms. The number of urea groups is 1. The number of carbonyl (C=O) groups excluding carboxylic acids is 2. The summed E-state index contributed by atoms with van der Waals surface area (Å²) in [6.45, 7) is 0.701. The maximum Gasteiger partial charge on any atom is 0.326 e. The summed E-state index contributed by atoms with van der Waals surface area (Å²) in [6.07, 6.45) is 10.6. The van der Waals surface area contributed by atoms with Crippen molar-refractivity contribution in [2.75, 3.05) is 11.9 Å². The van der Waals surface area contributed by atoms with Gasteiger partial charge in [-0.1, -0.05) is 62.3 Å². The molecule has 160 valence electrons. The topological polar surface area (TPSA) is 67.4 Å². The van der Waals surface area contributed by atoms with Gasteiger partial charge in [0.25, 0.3) is 5.91 Å². The molecule has 0 heterocycles. The number of hydrogen-bond acceptors (Lipinski definition) is 3. The average Bonchev–Trinajstić information content (AvgIpc) is 2.75. The number of hydrogen-bond donors (Lipinski definition) is 2. The van der Waals surface area contributed by atoms with Gasteiger partial charge in [0.05, 0.1) is 17.2 Å². The van der Waals surface area contributed by atoms with Crippen molar-refractivity contribution in [1.29, 1.82) is 0 Å². The van der Waals surface area contributed by atoms with Crippen molar-refractivity contribution < 1.29 is 14.3 Å². The van der Waals surface area contributed by atoms with Gasteiger partial charge in [0.1, 0.15) is 5.75 Å². The maximum atomic E-state index is 12.1. The lowest BCUT2D eigenvalue weighted by Crippen LogP contribution is -2.34. The zero-order valence-corrected chi connectivity index (χ0v) is 17.9. The van der Waals surface area contributed by atoms with Gasteiger partial charge < -0.3 is 10.1 Å². The Kier molecular flexibility index (Phi) is 8.57. The molecule has 3 amide bonds. The van der Waals surface area contributed by atoms with Gasteiger partial charge in [-0.05, 0) is 55.2 Å². The zero-order valence-electron chi connectivity index (χ0n) is 17.2. The summed E-state index contributed by atoms with van der Waals surface area (Å²) in [6, 6.07) is 13.1. The molecule has 30 heavy (non-hydrogen) atoms. The van der Waals surface area contributed by atoms with E-state index in [1.165, 1.54) is 44.9 Å². The Balaban J connectivity index is 1.36. The molecule has 2 N–H and O–H groups in total. The van der Waals surface area contributed by atoms with Crippen LogP contribution in [0.1, 0.15) is 61.7 Å². The molecule has 1 saturated carbocycles. The molecule has 0 atom stereocenters. The predicted octanol–water partition coefficient (Wildman–Crippen LogP) is 6.43. The Hall–Kier alpha value is -2.53. The Morgan fingerprint density at radius 1 is 0.967 bits per heavy atom. The van der Waals surface area contributed by atoms with E-state index in [1.54, 1.807) is 36.4 Å². The smallest absolute Gasteiger partial charge is 0.326 e. The van der Waals surface area contributed by atoms with Gasteiger partial charge in [-0.25, -0.2) is 4.79 Å². The number of unbranched alkanes of at least 4 members (excludes halogenated alkanes) is 1. The standard InChI is InChI=1S/C24H29ClN2O3/c25-22-12-5-4-11-21(22)23(28)27-24(29)26-19-13-15-20(16-14-19)30-17-7-6-10-18-8-2-1-3-9-18/h4-5,11-16,18H,1-3,6-10,17H2,(H2,26,27,28,29). The third kappa shape index (κ3) is 7.06. The van der Waals surface area contributed by atoms with Gasteiger partial charge in [-0.15, -0.1) is 0 Å². The van der Waals surface area contributed by atoms with Crippen LogP contribution in [0.3, 0.4) is 0 Å². The molecule has 0 unspecified atom stereocenters. The molecule has 5 nitrogen and oxygen atoms in total. The van der Waals surface area contributed by atoms with Crippen molar-refractivity contribution >= 4 is 29.2 Å². The lowest BCUT2D eigenvalue weighted by molar-refractivity contribution is 0.0967. The van der Waals surface area contributed by atoms with Crippen LogP contribution >= 0.6 is 11.6 Å². The lowest BCUT2D eigenvalue weighted by Gasteiger charge is -2.21. The number of nitrogens with one attached hydrogen (secondary N) is 2. The van der Waals surface area contributed by atoms with E-state index in [0.717, 1.165) is 18.1 Å². The molecule has 2 aromatic rings. The van der Waals surface area contributed by atoms with Gasteiger partial charge in [-0.3, -0.25) is 10.1 Å². The Labute approximate surface area is 183 Å². The minimum absolute atomic E-state index is 0.251. The minimum Gasteiger partial charge on any atom is -0.494 e. The summed E-state index contributed by atoms with van der Waals surface area (Å²) in [5.41, 5.74) is 0.825. The SMILES string of the molecule is O=C(NC(=O)c1ccccc1Cl)Nc1ccc(OCCCCC2CCCCC2)cc1. The first-order valence-corrected chi connectivity index (χ1v) is 11.1. The number of amides is 3. The molecule has 2 aromatic carbocycles. The maximum absolute atomic E-state index is 12.1.